The minimum Gasteiger partial charge on any atom is -0.550 e. The summed E-state index contributed by atoms with van der Waals surface area (Å²) in [6.07, 6.45) is 14.8. The van der Waals surface area contributed by atoms with Crippen molar-refractivity contribution >= 4 is 0 Å². The molecular weight excluding hydrogens is 2090 g/mol. The quantitative estimate of drug-likeness (QED) is 0.0429. The summed E-state index contributed by atoms with van der Waals surface area (Å²) in [6, 6.07) is 0. The van der Waals surface area contributed by atoms with Crippen LogP contribution in [-0.4, -0.2) is 131 Å². The molecule has 0 heterocycles. The summed E-state index contributed by atoms with van der Waals surface area (Å²) in [4.78, 5) is 0. The van der Waals surface area contributed by atoms with Gasteiger partial charge in [-0.3, -0.25) is 6.42 Å². The summed E-state index contributed by atoms with van der Waals surface area (Å²) >= 11 is 0. The molecule has 0 fully saturated rings. The molecule has 504 valence electrons. The van der Waals surface area contributed by atoms with Crippen molar-refractivity contribution in [2.45, 2.75) is 296 Å². The Morgan fingerprint density at radius 1 is 0.345 bits per heavy atom. The van der Waals surface area contributed by atoms with Crippen LogP contribution in [0.15, 0.2) is 0 Å². The topological polar surface area (TPSA) is 111 Å². The van der Waals surface area contributed by atoms with Crippen molar-refractivity contribution in [2.24, 2.45) is 17.8 Å². The number of unbranched alkanes of at least 4 members (excludes halogenated alkanes) is 2. The van der Waals surface area contributed by atoms with Crippen molar-refractivity contribution in [3.8, 4) is 0 Å². The molecule has 0 saturated carbocycles. The van der Waals surface area contributed by atoms with Gasteiger partial charge >= 0.3 is 126 Å². The van der Waals surface area contributed by atoms with Crippen molar-refractivity contribution in [3.63, 3.8) is 0 Å². The van der Waals surface area contributed by atoms with Crippen molar-refractivity contribution in [1.29, 1.82) is 0 Å². The first-order valence-electron chi connectivity index (χ1n) is 29.7. The number of ether oxygens (including phenoxy) is 12. The first kappa shape index (κ1) is 115. The Balaban J connectivity index is -0.0000000730. The van der Waals surface area contributed by atoms with Crippen LogP contribution in [0.1, 0.15) is 205 Å². The third-order valence-corrected chi connectivity index (χ3v) is 9.00. The zero-order valence-electron chi connectivity index (χ0n) is 57.9. The van der Waals surface area contributed by atoms with Gasteiger partial charge in [-0.05, 0) is 166 Å². The normalized spacial score (nSPS) is 13.1. The average Bonchev–Trinajstić information content (AvgIpc) is 3.30. The molecule has 0 spiro atoms. The summed E-state index contributed by atoms with van der Waals surface area (Å²) in [5.41, 5.74) is 0. The fourth-order valence-electron chi connectivity index (χ4n) is 5.13. The van der Waals surface area contributed by atoms with Gasteiger partial charge in [0.15, 0.2) is 0 Å². The van der Waals surface area contributed by atoms with Gasteiger partial charge in [-0.25, -0.2) is 32.7 Å². The van der Waals surface area contributed by atoms with Gasteiger partial charge in [0.25, 0.3) is 0 Å². The zero-order valence-corrected chi connectivity index (χ0v) is 75.5. The molecule has 0 aromatic heterocycles. The third kappa shape index (κ3) is 116. The molecule has 0 N–H and O–H groups in total. The third-order valence-electron chi connectivity index (χ3n) is 9.00. The molecule has 0 radical (unpaired) electrons. The minimum absolute atomic E-state index is 0. The molecule has 84 heavy (non-hydrogen) atoms. The van der Waals surface area contributed by atoms with E-state index >= 15 is 0 Å². The SMILES string of the molecule is CC(C)O[CH-]CC[CH-]COC(C)C.[CH2-]C(COC(C)C)C([CH2-])OC(C)C.[CH2-]C(C[CH-]COC(C)C)OC(C)C.[CH2-]C(C[CH-]OC(C)C)COC(C)C.[CH2-]CC([CH-]COC(C)C)OC(C)C.[CH2-]CC([CH-]OC(C)C)COC(C)C.[W+2].[W+2].[W+2].[W+2].[W+2].[W+2]. The van der Waals surface area contributed by atoms with E-state index in [-0.39, 0.29) is 206 Å². The Morgan fingerprint density at radius 2 is 0.738 bits per heavy atom. The van der Waals surface area contributed by atoms with E-state index in [1.807, 2.05) is 192 Å². The molecule has 0 aromatic carbocycles. The van der Waals surface area contributed by atoms with E-state index in [2.05, 4.69) is 54.4 Å². The van der Waals surface area contributed by atoms with E-state index in [0.29, 0.717) is 63.2 Å². The van der Waals surface area contributed by atoms with Gasteiger partial charge in [0.05, 0.1) is 18.3 Å². The maximum absolute atomic E-state index is 5.58. The molecule has 0 amide bonds. The fraction of sp³-hybridized carbons (Fsp3) is 0.818. The second kappa shape index (κ2) is 82.7. The molecule has 0 aliphatic carbocycles. The second-order valence-electron chi connectivity index (χ2n) is 22.4. The van der Waals surface area contributed by atoms with Gasteiger partial charge in [0.1, 0.15) is 0 Å². The molecule has 0 aliphatic heterocycles. The Hall–Kier alpha value is 3.65. The number of hydrogen-bond acceptors (Lipinski definition) is 12. The minimum atomic E-state index is -0.0845. The Labute approximate surface area is 611 Å². The Kier molecular flexibility index (Phi) is 113. The maximum Gasteiger partial charge on any atom is 2.00 e. The van der Waals surface area contributed by atoms with E-state index in [1.54, 1.807) is 0 Å². The van der Waals surface area contributed by atoms with E-state index in [0.717, 1.165) is 45.1 Å². The van der Waals surface area contributed by atoms with Crippen LogP contribution in [0, 0.1) is 98.4 Å². The van der Waals surface area contributed by atoms with Crippen molar-refractivity contribution in [1.82, 2.24) is 0 Å². The number of rotatable bonds is 42. The predicted octanol–water partition coefficient (Wildman–Crippen LogP) is 16.4. The standard InChI is InChI=1S/6C11H22O2.6W/c1-8(2)12-7-10(5)11(6)13-9(3)4;1-9(2)12-7-6-11(5)8-13-10(3)4;1-9(2)12-8-6-7-11(5)13-10(3)4;1-10(2)12-8-6-5-7-9-13-11(3)4;1-6-11(7-12-9(2)3)8-13-10(4)5;1-6-11(13-10(4)5)7-8-12-9(2)3;;;;;;/h8-11H,5-7H2,1-4H3;7,9-11H,5-6,8H2,1-4H3;2*6,9-11H,5,7-8H2,1-4H3;2*7,9-11H,1,6,8H2,2-5H3;;;;;;/q6*-2;6*+2. The van der Waals surface area contributed by atoms with Crippen molar-refractivity contribution in [3.05, 3.63) is 80.6 Å². The average molecular weight is 2220 g/mol. The molecule has 6 atom stereocenters. The summed E-state index contributed by atoms with van der Waals surface area (Å²) in [5.74, 6) is 0.704. The molecular formula is C66H132O12W6. The summed E-state index contributed by atoms with van der Waals surface area (Å²) in [7, 11) is 0. The molecule has 0 bridgehead atoms. The van der Waals surface area contributed by atoms with Crippen molar-refractivity contribution in [2.75, 3.05) is 39.6 Å². The molecule has 6 unspecified atom stereocenters. The van der Waals surface area contributed by atoms with Crippen LogP contribution in [0.4, 0.5) is 0 Å². The smallest absolute Gasteiger partial charge is 0.550 e. The van der Waals surface area contributed by atoms with E-state index in [1.165, 1.54) is 0 Å². The van der Waals surface area contributed by atoms with Crippen LogP contribution in [0.25, 0.3) is 0 Å². The zero-order chi connectivity index (χ0) is 61.6. The van der Waals surface area contributed by atoms with Gasteiger partial charge in [-0.1, -0.05) is 38.1 Å². The predicted molar refractivity (Wildman–Crippen MR) is 331 cm³/mol. The van der Waals surface area contributed by atoms with Gasteiger partial charge in [-0.15, -0.1) is 11.8 Å². The van der Waals surface area contributed by atoms with Crippen LogP contribution in [-0.2, 0) is 183 Å². The van der Waals surface area contributed by atoms with E-state index < -0.39 is 0 Å². The first-order chi connectivity index (χ1) is 36.2. The van der Waals surface area contributed by atoms with Crippen LogP contribution >= 0.6 is 0 Å². The molecule has 0 saturated heterocycles. The van der Waals surface area contributed by atoms with Gasteiger partial charge in [0, 0.05) is 74.8 Å². The first-order valence-corrected chi connectivity index (χ1v) is 29.7. The molecule has 0 rings (SSSR count). The van der Waals surface area contributed by atoms with Crippen LogP contribution in [0.5, 0.6) is 0 Å². The summed E-state index contributed by atoms with van der Waals surface area (Å²) in [6.45, 7) is 81.5. The van der Waals surface area contributed by atoms with Crippen LogP contribution < -0.4 is 0 Å². The van der Waals surface area contributed by atoms with Crippen molar-refractivity contribution < 1.29 is 183 Å². The van der Waals surface area contributed by atoms with Gasteiger partial charge < -0.3 is 111 Å². The molecule has 12 nitrogen and oxygen atoms in total. The molecule has 0 aromatic rings. The molecule has 0 aliphatic rings. The van der Waals surface area contributed by atoms with E-state index in [4.69, 9.17) is 56.8 Å². The summed E-state index contributed by atoms with van der Waals surface area (Å²) in [5, 5.41) is 0. The molecule has 18 heteroatoms. The fourth-order valence-corrected chi connectivity index (χ4v) is 5.13. The summed E-state index contributed by atoms with van der Waals surface area (Å²) < 4.78 is 64.9. The monoisotopic (exact) mass is 2220 g/mol. The largest absolute Gasteiger partial charge is 2.00 e. The maximum atomic E-state index is 5.58. The Morgan fingerprint density at radius 3 is 1.13 bits per heavy atom. The number of hydrogen-bond donors (Lipinski definition) is 0. The second-order valence-corrected chi connectivity index (χ2v) is 22.4. The van der Waals surface area contributed by atoms with Crippen LogP contribution in [0.2, 0.25) is 0 Å². The van der Waals surface area contributed by atoms with Gasteiger partial charge in [-0.2, -0.15) is 31.6 Å². The van der Waals surface area contributed by atoms with Gasteiger partial charge in [0.2, 0.25) is 0 Å². The van der Waals surface area contributed by atoms with E-state index in [9.17, 15) is 0 Å². The Bertz CT molecular complexity index is 1080. The van der Waals surface area contributed by atoms with Crippen LogP contribution in [0.3, 0.4) is 0 Å².